The smallest absolute Gasteiger partial charge is 0.0481 e. The summed E-state index contributed by atoms with van der Waals surface area (Å²) in [4.78, 5) is 0. The molecule has 1 aliphatic carbocycles. The van der Waals surface area contributed by atoms with Gasteiger partial charge >= 0.3 is 0 Å². The summed E-state index contributed by atoms with van der Waals surface area (Å²) in [6, 6.07) is 15.8. The van der Waals surface area contributed by atoms with E-state index in [1.165, 1.54) is 11.1 Å². The molecule has 0 radical (unpaired) electrons. The van der Waals surface area contributed by atoms with Crippen molar-refractivity contribution in [1.29, 1.82) is 0 Å². The molecular formula is C22H18Cl2. The van der Waals surface area contributed by atoms with Crippen LogP contribution in [0.1, 0.15) is 24.0 Å². The fourth-order valence-corrected chi connectivity index (χ4v) is 3.40. The van der Waals surface area contributed by atoms with Crippen LogP contribution in [0.5, 0.6) is 0 Å². The van der Waals surface area contributed by atoms with E-state index in [-0.39, 0.29) is 0 Å². The largest absolute Gasteiger partial charge is 0.0912 e. The van der Waals surface area contributed by atoms with Crippen LogP contribution in [0.3, 0.4) is 0 Å². The maximum absolute atomic E-state index is 6.39. The van der Waals surface area contributed by atoms with Crippen LogP contribution in [0.15, 0.2) is 85.0 Å². The highest BCUT2D eigenvalue weighted by Gasteiger charge is 2.14. The van der Waals surface area contributed by atoms with Crippen molar-refractivity contribution in [1.82, 2.24) is 0 Å². The second-order valence-corrected chi connectivity index (χ2v) is 6.66. The summed E-state index contributed by atoms with van der Waals surface area (Å²) in [5.41, 5.74) is 6.24. The third kappa shape index (κ3) is 3.56. The fraction of sp³-hybridized carbons (Fsp3) is 0.0909. The Labute approximate surface area is 153 Å². The highest BCUT2D eigenvalue weighted by atomic mass is 35.5. The Bertz CT molecular complexity index is 796. The van der Waals surface area contributed by atoms with E-state index in [0.29, 0.717) is 0 Å². The Morgan fingerprint density at radius 3 is 1.38 bits per heavy atom. The lowest BCUT2D eigenvalue weighted by molar-refractivity contribution is 1.08. The number of hydrogen-bond acceptors (Lipinski definition) is 0. The molecule has 0 bridgehead atoms. The van der Waals surface area contributed by atoms with Crippen LogP contribution >= 0.6 is 23.2 Å². The van der Waals surface area contributed by atoms with Gasteiger partial charge in [0.1, 0.15) is 0 Å². The highest BCUT2D eigenvalue weighted by Crippen LogP contribution is 2.36. The van der Waals surface area contributed by atoms with Gasteiger partial charge in [-0.05, 0) is 58.4 Å². The molecule has 1 aliphatic rings. The van der Waals surface area contributed by atoms with Crippen LogP contribution in [0.2, 0.25) is 10.0 Å². The first kappa shape index (κ1) is 16.8. The van der Waals surface area contributed by atoms with Crippen molar-refractivity contribution in [3.05, 3.63) is 106 Å². The molecule has 0 saturated heterocycles. The predicted octanol–water partition coefficient (Wildman–Crippen LogP) is 7.37. The molecular weight excluding hydrogens is 335 g/mol. The number of benzene rings is 2. The van der Waals surface area contributed by atoms with Crippen molar-refractivity contribution >= 4 is 34.3 Å². The predicted molar refractivity (Wildman–Crippen MR) is 106 cm³/mol. The summed E-state index contributed by atoms with van der Waals surface area (Å²) in [7, 11) is 0. The lowest BCUT2D eigenvalue weighted by Crippen LogP contribution is -1.96. The maximum Gasteiger partial charge on any atom is 0.0481 e. The zero-order chi connectivity index (χ0) is 17.1. The Hall–Kier alpha value is -2.02. The zero-order valence-corrected chi connectivity index (χ0v) is 14.9. The third-order valence-corrected chi connectivity index (χ3v) is 4.87. The van der Waals surface area contributed by atoms with E-state index in [0.717, 1.165) is 45.2 Å². The van der Waals surface area contributed by atoms with Crippen molar-refractivity contribution in [3.8, 4) is 0 Å². The summed E-state index contributed by atoms with van der Waals surface area (Å²) in [6.07, 6.45) is 5.91. The molecule has 120 valence electrons. The molecule has 0 heterocycles. The van der Waals surface area contributed by atoms with E-state index in [9.17, 15) is 0 Å². The van der Waals surface area contributed by atoms with Crippen LogP contribution in [-0.2, 0) is 0 Å². The molecule has 0 aliphatic heterocycles. The Morgan fingerprint density at radius 2 is 1.00 bits per heavy atom. The molecule has 0 N–H and O–H groups in total. The molecule has 2 aromatic carbocycles. The van der Waals surface area contributed by atoms with Gasteiger partial charge in [0.05, 0.1) is 0 Å². The van der Waals surface area contributed by atoms with Crippen molar-refractivity contribution in [3.63, 3.8) is 0 Å². The van der Waals surface area contributed by atoms with Gasteiger partial charge in [-0.3, -0.25) is 0 Å². The van der Waals surface area contributed by atoms with Crippen LogP contribution in [0, 0.1) is 0 Å². The Kier molecular flexibility index (Phi) is 5.08. The number of halogens is 2. The number of rotatable bonds is 2. The van der Waals surface area contributed by atoms with Gasteiger partial charge in [0.2, 0.25) is 0 Å². The van der Waals surface area contributed by atoms with E-state index in [1.807, 2.05) is 48.5 Å². The molecule has 3 rings (SSSR count). The minimum Gasteiger partial charge on any atom is -0.0912 e. The van der Waals surface area contributed by atoms with Crippen molar-refractivity contribution < 1.29 is 0 Å². The van der Waals surface area contributed by atoms with Crippen LogP contribution in [0.4, 0.5) is 0 Å². The molecule has 0 fully saturated rings. The second-order valence-electron chi connectivity index (χ2n) is 5.85. The van der Waals surface area contributed by atoms with E-state index in [2.05, 4.69) is 25.3 Å². The summed E-state index contributed by atoms with van der Waals surface area (Å²) in [6.45, 7) is 8.31. The highest BCUT2D eigenvalue weighted by molar-refractivity contribution is 6.32. The number of allylic oxidation sites excluding steroid dienone is 6. The molecule has 2 heteroatoms. The van der Waals surface area contributed by atoms with Gasteiger partial charge in [-0.1, -0.05) is 84.9 Å². The van der Waals surface area contributed by atoms with Crippen molar-refractivity contribution in [2.45, 2.75) is 12.8 Å². The van der Waals surface area contributed by atoms with Crippen molar-refractivity contribution in [2.24, 2.45) is 0 Å². The van der Waals surface area contributed by atoms with Gasteiger partial charge in [-0.25, -0.2) is 0 Å². The summed E-state index contributed by atoms with van der Waals surface area (Å²) >= 11 is 12.8. The van der Waals surface area contributed by atoms with Crippen molar-refractivity contribution in [2.75, 3.05) is 0 Å². The molecule has 0 spiro atoms. The normalized spacial score (nSPS) is 19.8. The molecule has 0 nitrogen and oxygen atoms in total. The minimum atomic E-state index is 0.756. The average molecular weight is 353 g/mol. The topological polar surface area (TPSA) is 0 Å². The third-order valence-electron chi connectivity index (χ3n) is 4.21. The standard InChI is InChI=1S/C22H18Cl2/c1-15-13-17(19-7-3-5-9-21(19)23)11-12-18(14-16(15)2)20-8-4-6-10-22(20)24/h3-10,13-14H,1-2,11-12H2/b17-13+,18-14+. The van der Waals surface area contributed by atoms with Gasteiger partial charge in [0, 0.05) is 10.0 Å². The molecule has 0 atom stereocenters. The summed E-state index contributed by atoms with van der Waals surface area (Å²) in [5, 5.41) is 1.51. The van der Waals surface area contributed by atoms with E-state index >= 15 is 0 Å². The second kappa shape index (κ2) is 7.25. The monoisotopic (exact) mass is 352 g/mol. The van der Waals surface area contributed by atoms with Gasteiger partial charge in [0.15, 0.2) is 0 Å². The lowest BCUT2D eigenvalue weighted by Gasteiger charge is -2.18. The van der Waals surface area contributed by atoms with Gasteiger partial charge < -0.3 is 0 Å². The maximum atomic E-state index is 6.39. The van der Waals surface area contributed by atoms with E-state index in [1.54, 1.807) is 0 Å². The van der Waals surface area contributed by atoms with Gasteiger partial charge in [-0.2, -0.15) is 0 Å². The quantitative estimate of drug-likeness (QED) is 0.529. The number of hydrogen-bond donors (Lipinski definition) is 0. The molecule has 0 saturated carbocycles. The Morgan fingerprint density at radius 1 is 0.625 bits per heavy atom. The first-order chi connectivity index (χ1) is 11.6. The van der Waals surface area contributed by atoms with Crippen LogP contribution in [-0.4, -0.2) is 0 Å². The summed E-state index contributed by atoms with van der Waals surface area (Å²) in [5.74, 6) is 0. The minimum absolute atomic E-state index is 0.756. The molecule has 0 amide bonds. The Balaban J connectivity index is 2.01. The van der Waals surface area contributed by atoms with Crippen LogP contribution < -0.4 is 0 Å². The first-order valence-electron chi connectivity index (χ1n) is 7.85. The summed E-state index contributed by atoms with van der Waals surface area (Å²) < 4.78 is 0. The average Bonchev–Trinajstić information content (AvgIpc) is 2.57. The fourth-order valence-electron chi connectivity index (χ4n) is 2.89. The molecule has 0 aromatic heterocycles. The molecule has 0 unspecified atom stereocenters. The lowest BCUT2D eigenvalue weighted by atomic mass is 9.88. The molecule has 2 aromatic rings. The van der Waals surface area contributed by atoms with Gasteiger partial charge in [-0.15, -0.1) is 0 Å². The zero-order valence-electron chi connectivity index (χ0n) is 13.4. The SMILES string of the molecule is C=C1/C=C(/c2ccccc2Cl)CC/C(c2ccccc2Cl)=C\C1=C. The molecule has 24 heavy (non-hydrogen) atoms. The van der Waals surface area contributed by atoms with Gasteiger partial charge in [0.25, 0.3) is 0 Å². The van der Waals surface area contributed by atoms with Crippen LogP contribution in [0.25, 0.3) is 11.1 Å². The van der Waals surface area contributed by atoms with E-state index < -0.39 is 0 Å². The van der Waals surface area contributed by atoms with E-state index in [4.69, 9.17) is 23.2 Å². The first-order valence-corrected chi connectivity index (χ1v) is 8.61.